The number of hydrogen-bond donors (Lipinski definition) is 2. The summed E-state index contributed by atoms with van der Waals surface area (Å²) in [6.45, 7) is 8.06. The van der Waals surface area contributed by atoms with Gasteiger partial charge in [0.1, 0.15) is 5.82 Å². The van der Waals surface area contributed by atoms with E-state index in [1.54, 1.807) is 12.1 Å². The van der Waals surface area contributed by atoms with Crippen LogP contribution >= 0.6 is 0 Å². The first-order chi connectivity index (χ1) is 12.7. The van der Waals surface area contributed by atoms with Crippen molar-refractivity contribution >= 4 is 5.96 Å². The third-order valence-electron chi connectivity index (χ3n) is 3.49. The summed E-state index contributed by atoms with van der Waals surface area (Å²) in [7, 11) is 0. The molecule has 0 aromatic heterocycles. The van der Waals surface area contributed by atoms with E-state index in [1.807, 2.05) is 13.0 Å². The van der Waals surface area contributed by atoms with Crippen LogP contribution in [-0.4, -0.2) is 45.5 Å². The van der Waals surface area contributed by atoms with Crippen LogP contribution in [0.25, 0.3) is 0 Å². The number of aliphatic imine (C=N–C) groups is 1. The molecule has 0 saturated carbocycles. The van der Waals surface area contributed by atoms with Gasteiger partial charge in [0.2, 0.25) is 0 Å². The van der Waals surface area contributed by atoms with Gasteiger partial charge in [0.25, 0.3) is 0 Å². The highest BCUT2D eigenvalue weighted by atomic mass is 19.1. The highest BCUT2D eigenvalue weighted by Crippen LogP contribution is 2.10. The molecule has 0 aliphatic rings. The monoisotopic (exact) mass is 364 g/mol. The van der Waals surface area contributed by atoms with Gasteiger partial charge in [-0.2, -0.15) is 5.26 Å². The molecule has 0 bridgehead atoms. The third kappa shape index (κ3) is 9.35. The molecule has 0 heterocycles. The van der Waals surface area contributed by atoms with Gasteiger partial charge in [-0.15, -0.1) is 0 Å². The Kier molecular flexibility index (Phi) is 11.8. The van der Waals surface area contributed by atoms with Gasteiger partial charge in [0.05, 0.1) is 38.0 Å². The van der Waals surface area contributed by atoms with Crippen molar-refractivity contribution in [2.75, 3.05) is 39.5 Å². The zero-order valence-corrected chi connectivity index (χ0v) is 15.7. The maximum absolute atomic E-state index is 13.9. The number of ether oxygens (including phenoxy) is 2. The van der Waals surface area contributed by atoms with Crippen molar-refractivity contribution in [3.05, 3.63) is 35.1 Å². The summed E-state index contributed by atoms with van der Waals surface area (Å²) in [5.41, 5.74) is 0.748. The Bertz CT molecular complexity index is 587. The van der Waals surface area contributed by atoms with Gasteiger partial charge in [-0.1, -0.05) is 19.4 Å². The molecule has 1 rings (SSSR count). The standard InChI is InChI=1S/C19H29FN4O2/c1-3-5-9-25-11-12-26-10-8-23-19(22-4-2)24-15-17-7-6-16(14-21)13-18(17)20/h6-7,13H,3-5,8-12,15H2,1-2H3,(H2,22,23,24). The van der Waals surface area contributed by atoms with Crippen LogP contribution < -0.4 is 10.6 Å². The van der Waals surface area contributed by atoms with Gasteiger partial charge < -0.3 is 20.1 Å². The van der Waals surface area contributed by atoms with Crippen LogP contribution in [0.3, 0.4) is 0 Å². The van der Waals surface area contributed by atoms with E-state index in [9.17, 15) is 4.39 Å². The number of halogens is 1. The van der Waals surface area contributed by atoms with Crippen molar-refractivity contribution in [2.45, 2.75) is 33.2 Å². The fourth-order valence-electron chi connectivity index (χ4n) is 2.06. The van der Waals surface area contributed by atoms with E-state index in [0.29, 0.717) is 50.0 Å². The Morgan fingerprint density at radius 3 is 2.58 bits per heavy atom. The van der Waals surface area contributed by atoms with Crippen LogP contribution in [-0.2, 0) is 16.0 Å². The highest BCUT2D eigenvalue weighted by Gasteiger charge is 2.04. The predicted octanol–water partition coefficient (Wildman–Crippen LogP) is 2.59. The SMILES string of the molecule is CCCCOCCOCCNC(=NCc1ccc(C#N)cc1F)NCC. The molecule has 0 amide bonds. The molecule has 0 spiro atoms. The van der Waals surface area contributed by atoms with E-state index in [0.717, 1.165) is 19.4 Å². The van der Waals surface area contributed by atoms with Crippen molar-refractivity contribution in [1.29, 1.82) is 5.26 Å². The zero-order chi connectivity index (χ0) is 19.0. The molecular formula is C19H29FN4O2. The Morgan fingerprint density at radius 1 is 1.15 bits per heavy atom. The van der Waals surface area contributed by atoms with E-state index in [-0.39, 0.29) is 6.54 Å². The largest absolute Gasteiger partial charge is 0.379 e. The lowest BCUT2D eigenvalue weighted by molar-refractivity contribution is 0.0487. The summed E-state index contributed by atoms with van der Waals surface area (Å²) in [5, 5.41) is 15.0. The number of unbranched alkanes of at least 4 members (excludes halogenated alkanes) is 1. The molecule has 0 fully saturated rings. The molecule has 0 unspecified atom stereocenters. The molecular weight excluding hydrogens is 335 g/mol. The lowest BCUT2D eigenvalue weighted by Gasteiger charge is -2.12. The van der Waals surface area contributed by atoms with Gasteiger partial charge >= 0.3 is 0 Å². The second kappa shape index (κ2) is 14.0. The predicted molar refractivity (Wildman–Crippen MR) is 100 cm³/mol. The number of nitriles is 1. The minimum absolute atomic E-state index is 0.193. The molecule has 7 heteroatoms. The number of rotatable bonds is 12. The second-order valence-corrected chi connectivity index (χ2v) is 5.62. The van der Waals surface area contributed by atoms with E-state index in [1.165, 1.54) is 6.07 Å². The molecule has 1 aromatic carbocycles. The normalized spacial score (nSPS) is 11.2. The summed E-state index contributed by atoms with van der Waals surface area (Å²) >= 11 is 0. The lowest BCUT2D eigenvalue weighted by Crippen LogP contribution is -2.39. The fraction of sp³-hybridized carbons (Fsp3) is 0.579. The first-order valence-corrected chi connectivity index (χ1v) is 9.07. The molecule has 144 valence electrons. The van der Waals surface area contributed by atoms with Gasteiger partial charge in [-0.05, 0) is 25.5 Å². The lowest BCUT2D eigenvalue weighted by atomic mass is 10.1. The fourth-order valence-corrected chi connectivity index (χ4v) is 2.06. The minimum atomic E-state index is -0.421. The average molecular weight is 364 g/mol. The van der Waals surface area contributed by atoms with Gasteiger partial charge in [0, 0.05) is 25.3 Å². The molecule has 0 atom stereocenters. The van der Waals surface area contributed by atoms with Crippen molar-refractivity contribution < 1.29 is 13.9 Å². The van der Waals surface area contributed by atoms with E-state index in [4.69, 9.17) is 14.7 Å². The van der Waals surface area contributed by atoms with E-state index < -0.39 is 5.82 Å². The summed E-state index contributed by atoms with van der Waals surface area (Å²) in [4.78, 5) is 4.36. The topological polar surface area (TPSA) is 78.7 Å². The average Bonchev–Trinajstić information content (AvgIpc) is 2.65. The molecule has 0 aliphatic heterocycles. The van der Waals surface area contributed by atoms with E-state index >= 15 is 0 Å². The summed E-state index contributed by atoms with van der Waals surface area (Å²) in [5.74, 6) is 0.175. The van der Waals surface area contributed by atoms with Crippen LogP contribution in [0.5, 0.6) is 0 Å². The molecule has 6 nitrogen and oxygen atoms in total. The summed E-state index contributed by atoms with van der Waals surface area (Å²) < 4.78 is 24.8. The Hall–Kier alpha value is -2.17. The minimum Gasteiger partial charge on any atom is -0.379 e. The molecule has 1 aromatic rings. The maximum Gasteiger partial charge on any atom is 0.191 e. The van der Waals surface area contributed by atoms with Crippen molar-refractivity contribution in [2.24, 2.45) is 4.99 Å². The maximum atomic E-state index is 13.9. The van der Waals surface area contributed by atoms with Crippen LogP contribution in [0.4, 0.5) is 4.39 Å². The Labute approximate surface area is 155 Å². The van der Waals surface area contributed by atoms with E-state index in [2.05, 4.69) is 22.5 Å². The molecule has 0 saturated heterocycles. The van der Waals surface area contributed by atoms with Gasteiger partial charge in [0.15, 0.2) is 5.96 Å². The number of guanidine groups is 1. The first-order valence-electron chi connectivity index (χ1n) is 9.07. The number of benzene rings is 1. The number of hydrogen-bond acceptors (Lipinski definition) is 4. The van der Waals surface area contributed by atoms with Crippen molar-refractivity contribution in [3.8, 4) is 6.07 Å². The molecule has 26 heavy (non-hydrogen) atoms. The summed E-state index contributed by atoms with van der Waals surface area (Å²) in [6.07, 6.45) is 2.20. The van der Waals surface area contributed by atoms with Crippen molar-refractivity contribution in [1.82, 2.24) is 10.6 Å². The van der Waals surface area contributed by atoms with Crippen LogP contribution in [0, 0.1) is 17.1 Å². The molecule has 0 aliphatic carbocycles. The Balaban J connectivity index is 2.32. The quantitative estimate of drug-likeness (QED) is 0.339. The molecule has 2 N–H and O–H groups in total. The first kappa shape index (κ1) is 21.9. The smallest absolute Gasteiger partial charge is 0.191 e. The number of nitrogens with zero attached hydrogens (tertiary/aromatic N) is 2. The third-order valence-corrected chi connectivity index (χ3v) is 3.49. The summed E-state index contributed by atoms with van der Waals surface area (Å²) in [6, 6.07) is 6.31. The van der Waals surface area contributed by atoms with Crippen LogP contribution in [0.15, 0.2) is 23.2 Å². The zero-order valence-electron chi connectivity index (χ0n) is 15.7. The highest BCUT2D eigenvalue weighted by molar-refractivity contribution is 5.79. The van der Waals surface area contributed by atoms with Crippen molar-refractivity contribution in [3.63, 3.8) is 0 Å². The van der Waals surface area contributed by atoms with Gasteiger partial charge in [-0.3, -0.25) is 0 Å². The Morgan fingerprint density at radius 2 is 1.92 bits per heavy atom. The van der Waals surface area contributed by atoms with Crippen LogP contribution in [0.1, 0.15) is 37.8 Å². The second-order valence-electron chi connectivity index (χ2n) is 5.62. The number of nitrogens with one attached hydrogen (secondary N) is 2. The van der Waals surface area contributed by atoms with Gasteiger partial charge in [-0.25, -0.2) is 9.38 Å². The molecule has 0 radical (unpaired) electrons. The van der Waals surface area contributed by atoms with Crippen LogP contribution in [0.2, 0.25) is 0 Å².